The predicted octanol–water partition coefficient (Wildman–Crippen LogP) is 5.82. The van der Waals surface area contributed by atoms with Gasteiger partial charge in [0.05, 0.1) is 31.2 Å². The molecule has 0 unspecified atom stereocenters. The molecule has 3 amide bonds. The molecule has 3 atom stereocenters. The fourth-order valence-corrected chi connectivity index (χ4v) is 4.84. The van der Waals surface area contributed by atoms with Gasteiger partial charge in [-0.05, 0) is 35.7 Å². The lowest BCUT2D eigenvalue weighted by molar-refractivity contribution is -0.160. The quantitative estimate of drug-likeness (QED) is 0.233. The van der Waals surface area contributed by atoms with Crippen molar-refractivity contribution in [2.45, 2.75) is 36.2 Å². The Bertz CT molecular complexity index is 1110. The van der Waals surface area contributed by atoms with Gasteiger partial charge in [-0.3, -0.25) is 9.69 Å². The number of urea groups is 1. The minimum atomic E-state index is -0.326. The number of carbonyl (C=O) groups excluding carboxylic acids is 2. The fraction of sp³-hybridized carbons (Fsp3) is 0.259. The van der Waals surface area contributed by atoms with Gasteiger partial charge in [-0.2, -0.15) is 4.33 Å². The minimum absolute atomic E-state index is 0.119. The molecule has 1 fully saturated rings. The molecule has 176 valence electrons. The van der Waals surface area contributed by atoms with Crippen LogP contribution in [0.1, 0.15) is 42.0 Å². The third kappa shape index (κ3) is 5.01. The first-order valence-electron chi connectivity index (χ1n) is 11.2. The molecular formula is C27H28N2O4S. The van der Waals surface area contributed by atoms with E-state index in [0.717, 1.165) is 33.6 Å². The summed E-state index contributed by atoms with van der Waals surface area (Å²) < 4.78 is 4.94. The Morgan fingerprint density at radius 2 is 1.53 bits per heavy atom. The van der Waals surface area contributed by atoms with Gasteiger partial charge < -0.3 is 4.90 Å². The van der Waals surface area contributed by atoms with Crippen molar-refractivity contribution in [2.75, 3.05) is 14.2 Å². The number of hydrogen-bond acceptors (Lipinski definition) is 5. The Morgan fingerprint density at radius 1 is 0.941 bits per heavy atom. The summed E-state index contributed by atoms with van der Waals surface area (Å²) in [4.78, 5) is 35.5. The van der Waals surface area contributed by atoms with E-state index in [9.17, 15) is 9.59 Å². The highest BCUT2D eigenvalue weighted by atomic mass is 32.2. The third-order valence-electron chi connectivity index (χ3n) is 6.33. The van der Waals surface area contributed by atoms with Crippen LogP contribution in [-0.4, -0.2) is 41.9 Å². The maximum Gasteiger partial charge on any atom is 0.327 e. The van der Waals surface area contributed by atoms with Crippen molar-refractivity contribution in [1.29, 1.82) is 0 Å². The van der Waals surface area contributed by atoms with Crippen molar-refractivity contribution in [2.24, 2.45) is 0 Å². The van der Waals surface area contributed by atoms with Gasteiger partial charge in [0.2, 0.25) is 5.91 Å². The summed E-state index contributed by atoms with van der Waals surface area (Å²) in [5, 5.41) is 0. The molecule has 6 nitrogen and oxygen atoms in total. The first-order valence-corrected chi connectivity index (χ1v) is 11.9. The van der Waals surface area contributed by atoms with E-state index in [-0.39, 0.29) is 36.4 Å². The number of likely N-dealkylation sites (N-methyl/N-ethyl adjacent to an activating group) is 1. The van der Waals surface area contributed by atoms with E-state index in [0.29, 0.717) is 0 Å². The molecule has 0 radical (unpaired) electrons. The Kier molecular flexibility index (Phi) is 7.67. The van der Waals surface area contributed by atoms with E-state index in [1.807, 2.05) is 91.9 Å². The Balaban J connectivity index is 1.64. The van der Waals surface area contributed by atoms with Crippen molar-refractivity contribution in [3.63, 3.8) is 0 Å². The maximum atomic E-state index is 13.7. The van der Waals surface area contributed by atoms with Crippen molar-refractivity contribution in [1.82, 2.24) is 9.80 Å². The molecule has 3 aromatic rings. The second-order valence-corrected chi connectivity index (χ2v) is 9.08. The molecular weight excluding hydrogens is 448 g/mol. The summed E-state index contributed by atoms with van der Waals surface area (Å²) in [7, 11) is 3.21. The largest absolute Gasteiger partial charge is 0.327 e. The summed E-state index contributed by atoms with van der Waals surface area (Å²) in [5.41, 5.74) is 2.97. The molecule has 0 aromatic heterocycles. The number of amides is 3. The molecule has 4 rings (SSSR count). The van der Waals surface area contributed by atoms with Crippen LogP contribution in [0.25, 0.3) is 0 Å². The van der Waals surface area contributed by atoms with Crippen LogP contribution in [0.2, 0.25) is 0 Å². The van der Waals surface area contributed by atoms with Crippen molar-refractivity contribution < 1.29 is 18.8 Å². The van der Waals surface area contributed by atoms with Gasteiger partial charge in [-0.15, -0.1) is 0 Å². The van der Waals surface area contributed by atoms with Gasteiger partial charge in [0.15, 0.2) is 0 Å². The van der Waals surface area contributed by atoms with Crippen LogP contribution >= 0.6 is 12.0 Å². The zero-order valence-corrected chi connectivity index (χ0v) is 20.3. The third-order valence-corrected chi connectivity index (χ3v) is 6.99. The summed E-state index contributed by atoms with van der Waals surface area (Å²) in [6, 6.07) is 26.8. The highest BCUT2D eigenvalue weighted by Gasteiger charge is 2.45. The Morgan fingerprint density at radius 3 is 2.15 bits per heavy atom. The highest BCUT2D eigenvalue weighted by Crippen LogP contribution is 2.37. The van der Waals surface area contributed by atoms with Crippen LogP contribution in [-0.2, 0) is 14.0 Å². The molecule has 3 aromatic carbocycles. The molecule has 0 spiro atoms. The second-order valence-electron chi connectivity index (χ2n) is 8.31. The van der Waals surface area contributed by atoms with Gasteiger partial charge in [-0.25, -0.2) is 9.68 Å². The lowest BCUT2D eigenvalue weighted by Gasteiger charge is -2.26. The number of rotatable bonds is 8. The smallest absolute Gasteiger partial charge is 0.322 e. The maximum absolute atomic E-state index is 13.7. The molecule has 1 aliphatic heterocycles. The van der Waals surface area contributed by atoms with Crippen LogP contribution in [0.3, 0.4) is 0 Å². The van der Waals surface area contributed by atoms with E-state index in [1.54, 1.807) is 11.9 Å². The monoisotopic (exact) mass is 476 g/mol. The molecule has 0 saturated carbocycles. The second kappa shape index (κ2) is 10.9. The standard InChI is InChI=1S/C27H28N2O4S/c1-19-26(22-12-8-5-9-13-22)29(27(31)28(19)2)25(30)18-24(20-10-6-4-7-11-20)21-14-16-23(17-15-21)34-33-32-3/h4-17,19,24,26H,18H2,1-3H3/t19-,24-,26-/m0/s1. The minimum Gasteiger partial charge on any atom is -0.322 e. The topological polar surface area (TPSA) is 59.1 Å². The molecule has 1 aliphatic rings. The van der Waals surface area contributed by atoms with Crippen molar-refractivity contribution >= 4 is 24.0 Å². The van der Waals surface area contributed by atoms with Crippen molar-refractivity contribution in [3.8, 4) is 0 Å². The zero-order valence-electron chi connectivity index (χ0n) is 19.5. The summed E-state index contributed by atoms with van der Waals surface area (Å²) >= 11 is 1.12. The van der Waals surface area contributed by atoms with Gasteiger partial charge in [0.25, 0.3) is 0 Å². The van der Waals surface area contributed by atoms with Crippen LogP contribution in [0.15, 0.2) is 89.8 Å². The van der Waals surface area contributed by atoms with E-state index in [1.165, 1.54) is 12.0 Å². The molecule has 1 saturated heterocycles. The van der Waals surface area contributed by atoms with Gasteiger partial charge in [0.1, 0.15) is 0 Å². The Labute approximate surface area is 204 Å². The lowest BCUT2D eigenvalue weighted by Crippen LogP contribution is -2.37. The average molecular weight is 477 g/mol. The van der Waals surface area contributed by atoms with Crippen LogP contribution in [0.4, 0.5) is 4.79 Å². The summed E-state index contributed by atoms with van der Waals surface area (Å²) in [6.07, 6.45) is 0.181. The van der Waals surface area contributed by atoms with Gasteiger partial charge >= 0.3 is 6.03 Å². The van der Waals surface area contributed by atoms with E-state index < -0.39 is 0 Å². The van der Waals surface area contributed by atoms with Gasteiger partial charge in [-0.1, -0.05) is 72.8 Å². The van der Waals surface area contributed by atoms with E-state index in [2.05, 4.69) is 4.89 Å². The molecule has 0 bridgehead atoms. The summed E-state index contributed by atoms with van der Waals surface area (Å²) in [6.45, 7) is 1.98. The van der Waals surface area contributed by atoms with E-state index >= 15 is 0 Å². The molecule has 7 heteroatoms. The number of benzene rings is 3. The Hall–Kier alpha value is -3.13. The van der Waals surface area contributed by atoms with Crippen LogP contribution in [0, 0.1) is 0 Å². The number of carbonyl (C=O) groups is 2. The van der Waals surface area contributed by atoms with Crippen LogP contribution < -0.4 is 0 Å². The van der Waals surface area contributed by atoms with E-state index in [4.69, 9.17) is 4.33 Å². The van der Waals surface area contributed by atoms with Gasteiger partial charge in [0, 0.05) is 24.3 Å². The first-order chi connectivity index (χ1) is 16.5. The average Bonchev–Trinajstić information content (AvgIpc) is 3.11. The molecule has 0 N–H and O–H groups in total. The van der Waals surface area contributed by atoms with Crippen molar-refractivity contribution in [3.05, 3.63) is 102 Å². The first kappa shape index (κ1) is 24.0. The molecule has 34 heavy (non-hydrogen) atoms. The molecule has 1 heterocycles. The number of nitrogens with zero attached hydrogens (tertiary/aromatic N) is 2. The number of hydrogen-bond donors (Lipinski definition) is 0. The normalized spacial score (nSPS) is 18.9. The molecule has 0 aliphatic carbocycles. The number of imide groups is 1. The SMILES string of the molecule is COOSc1ccc([C@@H](CC(=O)N2C(=O)N(C)[C@@H](C)[C@H]2c2ccccc2)c2ccccc2)cc1. The summed E-state index contributed by atoms with van der Waals surface area (Å²) in [5.74, 6) is -0.383. The highest BCUT2D eigenvalue weighted by molar-refractivity contribution is 7.94. The zero-order chi connectivity index (χ0) is 24.1. The fourth-order valence-electron chi connectivity index (χ4n) is 4.45. The predicted molar refractivity (Wildman–Crippen MR) is 132 cm³/mol. The lowest BCUT2D eigenvalue weighted by atomic mass is 9.88. The van der Waals surface area contributed by atoms with Crippen LogP contribution in [0.5, 0.6) is 0 Å².